The van der Waals surface area contributed by atoms with Gasteiger partial charge in [0, 0.05) is 75.8 Å². The highest BCUT2D eigenvalue weighted by Gasteiger charge is 2.51. The molecular weight excluding hydrogens is 660 g/mol. The van der Waals surface area contributed by atoms with Crippen LogP contribution in [-0.2, 0) is 40.0 Å². The quantitative estimate of drug-likeness (QED) is 0.205. The van der Waals surface area contributed by atoms with E-state index in [0.29, 0.717) is 38.9 Å². The van der Waals surface area contributed by atoms with E-state index in [2.05, 4.69) is 39.4 Å². The van der Waals surface area contributed by atoms with E-state index in [-0.39, 0.29) is 11.8 Å². The van der Waals surface area contributed by atoms with E-state index < -0.39 is 0 Å². The summed E-state index contributed by atoms with van der Waals surface area (Å²) in [5.41, 5.74) is 9.01. The van der Waals surface area contributed by atoms with Gasteiger partial charge >= 0.3 is 0 Å². The summed E-state index contributed by atoms with van der Waals surface area (Å²) in [5, 5.41) is 6.56. The van der Waals surface area contributed by atoms with Crippen molar-refractivity contribution in [1.82, 2.24) is 28.9 Å². The van der Waals surface area contributed by atoms with Crippen molar-refractivity contribution in [2.24, 2.45) is 24.9 Å². The molecule has 2 aliphatic heterocycles. The Morgan fingerprint density at radius 3 is 2.04 bits per heavy atom. The lowest BCUT2D eigenvalue weighted by Gasteiger charge is -2.32. The molecule has 2 aromatic heterocycles. The maximum absolute atomic E-state index is 13.7. The fraction of sp³-hybridized carbons (Fsp3) is 0.500. The maximum Gasteiger partial charge on any atom is 0.291 e. The van der Waals surface area contributed by atoms with Crippen molar-refractivity contribution in [2.75, 3.05) is 37.3 Å². The highest BCUT2D eigenvalue weighted by Crippen LogP contribution is 2.62. The van der Waals surface area contributed by atoms with Gasteiger partial charge in [-0.05, 0) is 93.1 Å². The molecule has 10 nitrogen and oxygen atoms in total. The van der Waals surface area contributed by atoms with Crippen molar-refractivity contribution in [3.63, 3.8) is 0 Å². The molecule has 0 saturated heterocycles. The zero-order chi connectivity index (χ0) is 35.7. The molecule has 2 N–H and O–H groups in total. The molecule has 4 aliphatic rings. The van der Waals surface area contributed by atoms with E-state index in [1.54, 1.807) is 0 Å². The summed E-state index contributed by atoms with van der Waals surface area (Å²) >= 11 is 7.02. The monoisotopic (exact) mass is 708 g/mol. The summed E-state index contributed by atoms with van der Waals surface area (Å²) in [6.07, 6.45) is 9.96. The number of hydrogen-bond acceptors (Lipinski definition) is 6. The van der Waals surface area contributed by atoms with Gasteiger partial charge in [-0.3, -0.25) is 14.5 Å². The molecule has 2 amide bonds. The van der Waals surface area contributed by atoms with Crippen molar-refractivity contribution < 1.29 is 9.59 Å². The van der Waals surface area contributed by atoms with Crippen LogP contribution in [0.1, 0.15) is 95.0 Å². The number of amides is 2. The molecule has 2 saturated carbocycles. The van der Waals surface area contributed by atoms with Gasteiger partial charge in [0.2, 0.25) is 0 Å². The number of rotatable bonds is 8. The number of fused-ring (bicyclic) bond motifs is 4. The Balaban J connectivity index is 0.961. The van der Waals surface area contributed by atoms with Crippen LogP contribution < -0.4 is 10.6 Å². The molecule has 0 radical (unpaired) electrons. The fourth-order valence-electron chi connectivity index (χ4n) is 9.47. The van der Waals surface area contributed by atoms with E-state index in [4.69, 9.17) is 16.6 Å². The molecule has 4 heterocycles. The Labute approximate surface area is 305 Å². The third-order valence-electron chi connectivity index (χ3n) is 12.6. The number of hydrogen-bond donors (Lipinski definition) is 2. The Kier molecular flexibility index (Phi) is 8.63. The third kappa shape index (κ3) is 6.19. The minimum Gasteiger partial charge on any atom is -0.327 e. The average Bonchev–Trinajstić information content (AvgIpc) is 3.84. The standard InChI is InChI=1S/C40H49ClN8O2/c1-25-26(8-6-10-28(25)44-37(50)35-42-30-22-46(3)19-12-32(30)47(35)4)27-9-7-11-29(34(27)41)45-38(51)36-43-31-23-49(20-13-33(31)48(36)5)21-18-40-16-14-39(2,24-40)15-17-40/h6-11H,12-24H2,1-5H3,(H,44,50)(H,45,51). The lowest BCUT2D eigenvalue weighted by Crippen LogP contribution is -2.34. The molecule has 2 fully saturated rings. The summed E-state index contributed by atoms with van der Waals surface area (Å²) < 4.78 is 3.86. The van der Waals surface area contributed by atoms with Gasteiger partial charge in [0.1, 0.15) is 0 Å². The van der Waals surface area contributed by atoms with Crippen LogP contribution in [0.15, 0.2) is 36.4 Å². The summed E-state index contributed by atoms with van der Waals surface area (Å²) in [7, 11) is 5.91. The predicted molar refractivity (Wildman–Crippen MR) is 201 cm³/mol. The highest BCUT2D eigenvalue weighted by molar-refractivity contribution is 6.36. The number of carbonyl (C=O) groups is 2. The molecule has 2 aliphatic carbocycles. The number of carbonyl (C=O) groups excluding carboxylic acids is 2. The van der Waals surface area contributed by atoms with Gasteiger partial charge in [0.25, 0.3) is 11.8 Å². The summed E-state index contributed by atoms with van der Waals surface area (Å²) in [4.78, 5) is 41.5. The topological polar surface area (TPSA) is 100 Å². The lowest BCUT2D eigenvalue weighted by molar-refractivity contribution is 0.100. The molecule has 0 atom stereocenters. The zero-order valence-electron chi connectivity index (χ0n) is 30.5. The van der Waals surface area contributed by atoms with E-state index in [9.17, 15) is 9.59 Å². The first-order chi connectivity index (χ1) is 24.4. The number of nitrogens with zero attached hydrogens (tertiary/aromatic N) is 6. The third-order valence-corrected chi connectivity index (χ3v) is 13.0. The van der Waals surface area contributed by atoms with Crippen LogP contribution in [-0.4, -0.2) is 67.4 Å². The second-order valence-corrected chi connectivity index (χ2v) is 16.5. The number of likely N-dealkylation sites (N-methyl/N-ethyl adjacent to an activating group) is 1. The summed E-state index contributed by atoms with van der Waals surface area (Å²) in [5.74, 6) is 0.260. The second-order valence-electron chi connectivity index (χ2n) is 16.1. The molecule has 8 rings (SSSR count). The zero-order valence-corrected chi connectivity index (χ0v) is 31.3. The fourth-order valence-corrected chi connectivity index (χ4v) is 9.75. The van der Waals surface area contributed by atoms with Gasteiger partial charge in [-0.25, -0.2) is 9.97 Å². The molecule has 4 aromatic rings. The molecule has 0 spiro atoms. The van der Waals surface area contributed by atoms with Crippen LogP contribution in [0.4, 0.5) is 11.4 Å². The number of halogens is 1. The van der Waals surface area contributed by atoms with Crippen LogP contribution in [0.3, 0.4) is 0 Å². The predicted octanol–water partition coefficient (Wildman–Crippen LogP) is 6.99. The summed E-state index contributed by atoms with van der Waals surface area (Å²) in [6, 6.07) is 11.4. The van der Waals surface area contributed by atoms with Crippen LogP contribution in [0.2, 0.25) is 5.02 Å². The van der Waals surface area contributed by atoms with Crippen LogP contribution in [0.25, 0.3) is 11.1 Å². The van der Waals surface area contributed by atoms with Crippen molar-refractivity contribution >= 4 is 34.8 Å². The molecule has 11 heteroatoms. The van der Waals surface area contributed by atoms with Crippen molar-refractivity contribution in [3.8, 4) is 11.1 Å². The lowest BCUT2D eigenvalue weighted by atomic mass is 9.80. The van der Waals surface area contributed by atoms with Crippen molar-refractivity contribution in [3.05, 3.63) is 81.4 Å². The smallest absolute Gasteiger partial charge is 0.291 e. The van der Waals surface area contributed by atoms with Gasteiger partial charge in [0.15, 0.2) is 11.6 Å². The average molecular weight is 709 g/mol. The highest BCUT2D eigenvalue weighted by atomic mass is 35.5. The molecule has 268 valence electrons. The number of benzene rings is 2. The Morgan fingerprint density at radius 1 is 0.804 bits per heavy atom. The minimum atomic E-state index is -0.283. The molecule has 2 bridgehead atoms. The van der Waals surface area contributed by atoms with Gasteiger partial charge in [-0.15, -0.1) is 0 Å². The molecule has 2 aromatic carbocycles. The van der Waals surface area contributed by atoms with Crippen LogP contribution in [0, 0.1) is 17.8 Å². The van der Waals surface area contributed by atoms with Crippen molar-refractivity contribution in [2.45, 2.75) is 78.3 Å². The number of anilines is 2. The number of nitrogens with one attached hydrogen (secondary N) is 2. The Hall–Kier alpha value is -3.99. The maximum atomic E-state index is 13.7. The van der Waals surface area contributed by atoms with Gasteiger partial charge in [-0.1, -0.05) is 42.8 Å². The largest absolute Gasteiger partial charge is 0.327 e. The van der Waals surface area contributed by atoms with Crippen LogP contribution >= 0.6 is 11.6 Å². The minimum absolute atomic E-state index is 0.252. The van der Waals surface area contributed by atoms with Gasteiger partial charge in [0.05, 0.1) is 22.1 Å². The first kappa shape index (κ1) is 34.1. The van der Waals surface area contributed by atoms with Crippen molar-refractivity contribution in [1.29, 1.82) is 0 Å². The first-order valence-electron chi connectivity index (χ1n) is 18.4. The van der Waals surface area contributed by atoms with E-state index in [1.807, 2.05) is 66.6 Å². The Morgan fingerprint density at radius 2 is 1.39 bits per heavy atom. The van der Waals surface area contributed by atoms with Crippen LogP contribution in [0.5, 0.6) is 0 Å². The molecule has 51 heavy (non-hydrogen) atoms. The molecular formula is C40H49ClN8O2. The second kappa shape index (κ2) is 12.9. The van der Waals surface area contributed by atoms with Gasteiger partial charge < -0.3 is 24.7 Å². The molecule has 0 unspecified atom stereocenters. The first-order valence-corrected chi connectivity index (χ1v) is 18.8. The van der Waals surface area contributed by atoms with E-state index in [1.165, 1.54) is 38.5 Å². The summed E-state index contributed by atoms with van der Waals surface area (Å²) in [6.45, 7) is 9.00. The van der Waals surface area contributed by atoms with E-state index in [0.717, 1.165) is 85.0 Å². The van der Waals surface area contributed by atoms with E-state index >= 15 is 0 Å². The Bertz CT molecular complexity index is 2040. The number of aromatic nitrogens is 4. The van der Waals surface area contributed by atoms with Gasteiger partial charge in [-0.2, -0.15) is 0 Å². The SMILES string of the molecule is Cc1c(NC(=O)c2nc3c(n2C)CCN(C)C3)cccc1-c1cccc(NC(=O)c2nc3c(n2C)CCN(CCC24CCC(C)(CC2)C4)C3)c1Cl. The normalized spacial score (nSPS) is 22.9. The number of imidazole rings is 2.